The lowest BCUT2D eigenvalue weighted by Crippen LogP contribution is -2.61. The lowest BCUT2D eigenvalue weighted by atomic mass is 10.1. The van der Waals surface area contributed by atoms with E-state index in [1.807, 2.05) is 30.3 Å². The summed E-state index contributed by atoms with van der Waals surface area (Å²) in [6.45, 7) is 1.89. The molecule has 0 spiro atoms. The predicted octanol–water partition coefficient (Wildman–Crippen LogP) is 0.0282. The van der Waals surface area contributed by atoms with Crippen LogP contribution in [0.4, 0.5) is 0 Å². The highest BCUT2D eigenvalue weighted by atomic mass is 16.7. The maximum atomic E-state index is 12.7. The summed E-state index contributed by atoms with van der Waals surface area (Å²) < 4.78 is 7.29. The lowest BCUT2D eigenvalue weighted by molar-refractivity contribution is -0.128. The van der Waals surface area contributed by atoms with Crippen LogP contribution in [-0.4, -0.2) is 45.8 Å². The van der Waals surface area contributed by atoms with E-state index in [9.17, 15) is 9.59 Å². The summed E-state index contributed by atoms with van der Waals surface area (Å²) in [5.41, 5.74) is 6.10. The number of benzene rings is 1. The Balaban J connectivity index is 1.93. The summed E-state index contributed by atoms with van der Waals surface area (Å²) in [5, 5.41) is 13.8. The van der Waals surface area contributed by atoms with Crippen molar-refractivity contribution in [3.63, 3.8) is 0 Å². The monoisotopic (exact) mass is 427 g/mol. The minimum atomic E-state index is -1.34. The van der Waals surface area contributed by atoms with Crippen molar-refractivity contribution in [2.24, 2.45) is 11.6 Å². The summed E-state index contributed by atoms with van der Waals surface area (Å²) in [6, 6.07) is 13.6. The van der Waals surface area contributed by atoms with Gasteiger partial charge in [-0.1, -0.05) is 36.4 Å². The summed E-state index contributed by atoms with van der Waals surface area (Å²) in [6.07, 6.45) is 0. The van der Waals surface area contributed by atoms with E-state index < -0.39 is 23.6 Å². The molecule has 2 aromatic heterocycles. The van der Waals surface area contributed by atoms with E-state index in [-0.39, 0.29) is 18.1 Å². The highest BCUT2D eigenvalue weighted by Gasteiger charge is 2.31. The molecule has 3 rings (SSSR count). The first-order valence-corrected chi connectivity index (χ1v) is 9.53. The van der Waals surface area contributed by atoms with E-state index in [4.69, 9.17) is 16.4 Å². The zero-order valence-electron chi connectivity index (χ0n) is 17.2. The van der Waals surface area contributed by atoms with Gasteiger partial charge >= 0.3 is 5.97 Å². The van der Waals surface area contributed by atoms with Gasteiger partial charge in [0.1, 0.15) is 17.4 Å². The Morgan fingerprint density at radius 1 is 1.16 bits per heavy atom. The first-order chi connectivity index (χ1) is 14.9. The number of nitrogens with two attached hydrogens (primary N) is 2. The number of hydrogen-bond donors (Lipinski definition) is 4. The SMILES string of the molecule is CNC(C)(N)C(=O)NC(COCc1ccccc1)c1nnc2cccc(C(=O)ON)n12. The number of rotatable bonds is 9. The summed E-state index contributed by atoms with van der Waals surface area (Å²) in [4.78, 5) is 29.3. The second-order valence-corrected chi connectivity index (χ2v) is 7.05. The minimum Gasteiger partial charge on any atom is -0.374 e. The average Bonchev–Trinajstić information content (AvgIpc) is 3.22. The maximum Gasteiger partial charge on any atom is 0.373 e. The molecule has 0 bridgehead atoms. The molecule has 3 aromatic rings. The molecule has 0 aliphatic rings. The molecule has 0 saturated carbocycles. The van der Waals surface area contributed by atoms with Crippen molar-refractivity contribution >= 4 is 17.5 Å². The number of fused-ring (bicyclic) bond motifs is 1. The van der Waals surface area contributed by atoms with Crippen molar-refractivity contribution < 1.29 is 19.2 Å². The summed E-state index contributed by atoms with van der Waals surface area (Å²) in [7, 11) is 1.57. The number of hydrogen-bond acceptors (Lipinski definition) is 9. The second kappa shape index (κ2) is 9.62. The van der Waals surface area contributed by atoms with E-state index in [0.717, 1.165) is 5.56 Å². The highest BCUT2D eigenvalue weighted by Crippen LogP contribution is 2.18. The molecule has 11 heteroatoms. The molecule has 2 heterocycles. The van der Waals surface area contributed by atoms with Gasteiger partial charge in [-0.3, -0.25) is 14.5 Å². The van der Waals surface area contributed by atoms with Crippen LogP contribution in [0.25, 0.3) is 5.65 Å². The predicted molar refractivity (Wildman–Crippen MR) is 111 cm³/mol. The normalized spacial score (nSPS) is 14.1. The third-order valence-electron chi connectivity index (χ3n) is 4.77. The van der Waals surface area contributed by atoms with Gasteiger partial charge in [-0.05, 0) is 31.7 Å². The fraction of sp³-hybridized carbons (Fsp3) is 0.300. The molecule has 1 aromatic carbocycles. The smallest absolute Gasteiger partial charge is 0.373 e. The first-order valence-electron chi connectivity index (χ1n) is 9.53. The third-order valence-corrected chi connectivity index (χ3v) is 4.77. The molecule has 0 radical (unpaired) electrons. The Morgan fingerprint density at radius 3 is 2.58 bits per heavy atom. The highest BCUT2D eigenvalue weighted by molar-refractivity contribution is 5.88. The van der Waals surface area contributed by atoms with Crippen molar-refractivity contribution in [2.45, 2.75) is 25.2 Å². The van der Waals surface area contributed by atoms with Crippen LogP contribution in [-0.2, 0) is 21.0 Å². The third kappa shape index (κ3) is 5.03. The number of amides is 1. The van der Waals surface area contributed by atoms with Gasteiger partial charge < -0.3 is 20.6 Å². The van der Waals surface area contributed by atoms with Gasteiger partial charge in [-0.15, -0.1) is 10.2 Å². The van der Waals surface area contributed by atoms with E-state index in [2.05, 4.69) is 25.7 Å². The molecule has 164 valence electrons. The van der Waals surface area contributed by atoms with Crippen molar-refractivity contribution in [1.82, 2.24) is 25.2 Å². The fourth-order valence-electron chi connectivity index (χ4n) is 2.88. The van der Waals surface area contributed by atoms with E-state index in [1.54, 1.807) is 19.2 Å². The molecule has 1 amide bonds. The molecule has 11 nitrogen and oxygen atoms in total. The average molecular weight is 427 g/mol. The number of carbonyl (C=O) groups excluding carboxylic acids is 2. The summed E-state index contributed by atoms with van der Waals surface area (Å²) in [5.74, 6) is 4.07. The van der Waals surface area contributed by atoms with Crippen LogP contribution in [0, 0.1) is 0 Å². The minimum absolute atomic E-state index is 0.0488. The molecule has 2 atom stereocenters. The maximum absolute atomic E-state index is 12.7. The molecule has 0 saturated heterocycles. The topological polar surface area (TPSA) is 159 Å². The van der Waals surface area contributed by atoms with Gasteiger partial charge in [0.2, 0.25) is 0 Å². The quantitative estimate of drug-likeness (QED) is 0.273. The van der Waals surface area contributed by atoms with Crippen molar-refractivity contribution in [3.8, 4) is 0 Å². The van der Waals surface area contributed by atoms with Crippen molar-refractivity contribution in [2.75, 3.05) is 13.7 Å². The van der Waals surface area contributed by atoms with Gasteiger partial charge in [-0.25, -0.2) is 4.79 Å². The number of pyridine rings is 1. The van der Waals surface area contributed by atoms with Crippen LogP contribution < -0.4 is 22.3 Å². The van der Waals surface area contributed by atoms with Gasteiger partial charge in [0.25, 0.3) is 5.91 Å². The number of likely N-dealkylation sites (N-methyl/N-ethyl adjacent to an activating group) is 1. The number of nitrogens with zero attached hydrogens (tertiary/aromatic N) is 3. The largest absolute Gasteiger partial charge is 0.374 e. The zero-order chi connectivity index (χ0) is 22.4. The molecule has 6 N–H and O–H groups in total. The standard InChI is InChI=1S/C20H25N7O4/c1-20(21,23-2)19(29)24-14(12-30-11-13-7-4-3-5-8-13)17-26-25-16-10-6-9-15(27(16)17)18(28)31-22/h3-10,14,23H,11-12,21-22H2,1-2H3,(H,24,29). The number of carbonyl (C=O) groups is 2. The van der Waals surface area contributed by atoms with Crippen LogP contribution >= 0.6 is 0 Å². The Hall–Kier alpha value is -3.38. The van der Waals surface area contributed by atoms with Gasteiger partial charge in [0.15, 0.2) is 11.5 Å². The van der Waals surface area contributed by atoms with Gasteiger partial charge in [-0.2, -0.15) is 5.90 Å². The van der Waals surface area contributed by atoms with E-state index in [1.165, 1.54) is 17.4 Å². The van der Waals surface area contributed by atoms with Gasteiger partial charge in [0.05, 0.1) is 13.2 Å². The Bertz CT molecular complexity index is 1050. The molecule has 31 heavy (non-hydrogen) atoms. The van der Waals surface area contributed by atoms with Crippen LogP contribution in [0.15, 0.2) is 48.5 Å². The molecule has 0 fully saturated rings. The molecule has 0 aliphatic heterocycles. The molecule has 0 aliphatic carbocycles. The van der Waals surface area contributed by atoms with Crippen molar-refractivity contribution in [1.29, 1.82) is 0 Å². The first kappa shape index (κ1) is 22.3. The summed E-state index contributed by atoms with van der Waals surface area (Å²) >= 11 is 0. The Kier molecular flexibility index (Phi) is 6.92. The van der Waals surface area contributed by atoms with Crippen LogP contribution in [0.1, 0.15) is 34.8 Å². The lowest BCUT2D eigenvalue weighted by Gasteiger charge is -2.26. The van der Waals surface area contributed by atoms with Crippen molar-refractivity contribution in [3.05, 3.63) is 65.6 Å². The number of aromatic nitrogens is 3. The number of nitrogens with one attached hydrogen (secondary N) is 2. The van der Waals surface area contributed by atoms with E-state index >= 15 is 0 Å². The fourth-order valence-corrected chi connectivity index (χ4v) is 2.88. The molecule has 2 unspecified atom stereocenters. The van der Waals surface area contributed by atoms with Gasteiger partial charge in [0, 0.05) is 0 Å². The second-order valence-electron chi connectivity index (χ2n) is 7.05. The zero-order valence-corrected chi connectivity index (χ0v) is 17.2. The number of ether oxygens (including phenoxy) is 1. The Morgan fingerprint density at radius 2 is 1.90 bits per heavy atom. The molecular weight excluding hydrogens is 402 g/mol. The van der Waals surface area contributed by atoms with Crippen LogP contribution in [0.2, 0.25) is 0 Å². The Labute approximate surface area is 178 Å². The van der Waals surface area contributed by atoms with E-state index in [0.29, 0.717) is 12.3 Å². The molecular formula is C20H25N7O4. The van der Waals surface area contributed by atoms with Crippen LogP contribution in [0.3, 0.4) is 0 Å². The van der Waals surface area contributed by atoms with Crippen LogP contribution in [0.5, 0.6) is 0 Å².